The molecule has 0 aliphatic carbocycles. The number of carbonyl (C=O) groups excluding carboxylic acids is 1. The molecule has 0 radical (unpaired) electrons. The predicted octanol–water partition coefficient (Wildman–Crippen LogP) is 4.26. The van der Waals surface area contributed by atoms with Crippen LogP contribution in [0.4, 0.5) is 0 Å². The van der Waals surface area contributed by atoms with Crippen LogP contribution in [0.15, 0.2) is 65.6 Å². The number of hydrogen-bond donors (Lipinski definition) is 2. The van der Waals surface area contributed by atoms with Gasteiger partial charge in [0.05, 0.1) is 22.5 Å². The molecule has 1 aliphatic rings. The van der Waals surface area contributed by atoms with Crippen LogP contribution in [0.5, 0.6) is 5.75 Å². The number of rotatable bonds is 5. The van der Waals surface area contributed by atoms with Crippen LogP contribution in [0.25, 0.3) is 22.2 Å². The van der Waals surface area contributed by atoms with Gasteiger partial charge in [-0.15, -0.1) is 0 Å². The molecule has 8 nitrogen and oxygen atoms in total. The first-order chi connectivity index (χ1) is 17.2. The van der Waals surface area contributed by atoms with Crippen molar-refractivity contribution in [3.63, 3.8) is 0 Å². The number of amides is 1. The molecular formula is C27H28N4O4S. The van der Waals surface area contributed by atoms with Gasteiger partial charge in [0, 0.05) is 23.7 Å². The van der Waals surface area contributed by atoms with E-state index in [4.69, 9.17) is 4.74 Å². The zero-order chi connectivity index (χ0) is 25.4. The molecule has 0 unspecified atom stereocenters. The summed E-state index contributed by atoms with van der Waals surface area (Å²) in [5.41, 5.74) is 5.31. The Labute approximate surface area is 210 Å². The van der Waals surface area contributed by atoms with Crippen molar-refractivity contribution >= 4 is 27.0 Å². The second-order valence-corrected chi connectivity index (χ2v) is 11.0. The number of nitrogens with zero attached hydrogens (tertiary/aromatic N) is 2. The first-order valence-corrected chi connectivity index (χ1v) is 13.3. The van der Waals surface area contributed by atoms with E-state index in [-0.39, 0.29) is 16.8 Å². The molecule has 36 heavy (non-hydrogen) atoms. The summed E-state index contributed by atoms with van der Waals surface area (Å²) >= 11 is 0. The zero-order valence-electron chi connectivity index (χ0n) is 20.4. The molecule has 0 saturated heterocycles. The minimum atomic E-state index is -3.62. The van der Waals surface area contributed by atoms with Gasteiger partial charge in [-0.2, -0.15) is 0 Å². The maximum atomic E-state index is 13.3. The number of sulfonamides is 1. The number of aryl methyl sites for hydroxylation is 1. The zero-order valence-corrected chi connectivity index (χ0v) is 21.2. The van der Waals surface area contributed by atoms with Gasteiger partial charge in [-0.1, -0.05) is 12.1 Å². The van der Waals surface area contributed by atoms with E-state index in [1.165, 1.54) is 12.1 Å². The lowest BCUT2D eigenvalue weighted by atomic mass is 10.0. The van der Waals surface area contributed by atoms with Crippen LogP contribution >= 0.6 is 0 Å². The van der Waals surface area contributed by atoms with Crippen LogP contribution in [-0.4, -0.2) is 48.4 Å². The topological polar surface area (TPSA) is 104 Å². The van der Waals surface area contributed by atoms with Crippen LogP contribution in [0.1, 0.15) is 35.6 Å². The number of fused-ring (bicyclic) bond motifs is 2. The average molecular weight is 505 g/mol. The Morgan fingerprint density at radius 1 is 1.06 bits per heavy atom. The highest BCUT2D eigenvalue weighted by molar-refractivity contribution is 7.89. The quantitative estimate of drug-likeness (QED) is 0.423. The standard InChI is InChI=1S/C27H28N4O4S/c1-17(2)30-36(33,34)23-8-4-19(5-9-23)27(32)31-12-13-35-26-11-7-20(14-22(26)16-31)21-6-10-24-25(15-21)29-18(3)28-24/h4-11,14-15,17,30H,12-13,16H2,1-3H3,(H,28,29). The smallest absolute Gasteiger partial charge is 0.254 e. The predicted molar refractivity (Wildman–Crippen MR) is 138 cm³/mol. The molecule has 0 saturated carbocycles. The molecule has 2 heterocycles. The average Bonchev–Trinajstić information content (AvgIpc) is 3.08. The summed E-state index contributed by atoms with van der Waals surface area (Å²) in [7, 11) is -3.62. The van der Waals surface area contributed by atoms with E-state index in [1.54, 1.807) is 30.9 Å². The van der Waals surface area contributed by atoms with E-state index in [2.05, 4.69) is 26.8 Å². The molecule has 0 fully saturated rings. The van der Waals surface area contributed by atoms with Crippen LogP contribution in [0.2, 0.25) is 0 Å². The Morgan fingerprint density at radius 3 is 2.53 bits per heavy atom. The molecule has 0 bridgehead atoms. The molecule has 2 N–H and O–H groups in total. The summed E-state index contributed by atoms with van der Waals surface area (Å²) in [4.78, 5) is 22.9. The van der Waals surface area contributed by atoms with E-state index in [0.29, 0.717) is 25.3 Å². The van der Waals surface area contributed by atoms with Crippen LogP contribution in [-0.2, 0) is 16.6 Å². The Kier molecular flexibility index (Phi) is 6.27. The van der Waals surface area contributed by atoms with Crippen molar-refractivity contribution in [2.75, 3.05) is 13.2 Å². The maximum absolute atomic E-state index is 13.3. The monoisotopic (exact) mass is 504 g/mol. The second-order valence-electron chi connectivity index (χ2n) is 9.25. The Morgan fingerprint density at radius 2 is 1.78 bits per heavy atom. The molecule has 3 aromatic carbocycles. The highest BCUT2D eigenvalue weighted by atomic mass is 32.2. The number of hydrogen-bond acceptors (Lipinski definition) is 5. The SMILES string of the molecule is Cc1nc2ccc(-c3ccc4c(c3)CN(C(=O)c3ccc(S(=O)(=O)NC(C)C)cc3)CCO4)cc2[nH]1. The van der Waals surface area contributed by atoms with Gasteiger partial charge < -0.3 is 14.6 Å². The fourth-order valence-corrected chi connectivity index (χ4v) is 5.65. The summed E-state index contributed by atoms with van der Waals surface area (Å²) in [6.45, 7) is 6.65. The lowest BCUT2D eigenvalue weighted by Gasteiger charge is -2.20. The molecule has 0 spiro atoms. The lowest BCUT2D eigenvalue weighted by molar-refractivity contribution is 0.0733. The first kappa shape index (κ1) is 24.0. The van der Waals surface area contributed by atoms with Gasteiger partial charge in [0.15, 0.2) is 0 Å². The number of aromatic nitrogens is 2. The third kappa shape index (κ3) is 4.84. The number of aromatic amines is 1. The molecule has 1 aromatic heterocycles. The van der Waals surface area contributed by atoms with Gasteiger partial charge in [-0.25, -0.2) is 18.1 Å². The summed E-state index contributed by atoms with van der Waals surface area (Å²) in [6, 6.07) is 17.9. The van der Waals surface area contributed by atoms with Crippen molar-refractivity contribution in [1.29, 1.82) is 0 Å². The van der Waals surface area contributed by atoms with Crippen LogP contribution in [0, 0.1) is 6.92 Å². The van der Waals surface area contributed by atoms with Crippen molar-refractivity contribution in [2.24, 2.45) is 0 Å². The number of imidazole rings is 1. The van der Waals surface area contributed by atoms with E-state index in [9.17, 15) is 13.2 Å². The molecule has 0 atom stereocenters. The third-order valence-corrected chi connectivity index (χ3v) is 7.74. The Hall–Kier alpha value is -3.69. The van der Waals surface area contributed by atoms with Gasteiger partial charge in [-0.3, -0.25) is 4.79 Å². The van der Waals surface area contributed by atoms with E-state index in [1.807, 2.05) is 31.2 Å². The second kappa shape index (κ2) is 9.40. The first-order valence-electron chi connectivity index (χ1n) is 11.8. The van der Waals surface area contributed by atoms with Gasteiger partial charge in [-0.05, 0) is 80.4 Å². The molecule has 5 rings (SSSR count). The third-order valence-electron chi connectivity index (χ3n) is 6.06. The van der Waals surface area contributed by atoms with Gasteiger partial charge >= 0.3 is 0 Å². The Balaban J connectivity index is 1.38. The van der Waals surface area contributed by atoms with Crippen LogP contribution < -0.4 is 9.46 Å². The largest absolute Gasteiger partial charge is 0.491 e. The fourth-order valence-electron chi connectivity index (χ4n) is 4.40. The van der Waals surface area contributed by atoms with Gasteiger partial charge in [0.2, 0.25) is 10.0 Å². The number of H-pyrrole nitrogens is 1. The van der Waals surface area contributed by atoms with Crippen molar-refractivity contribution in [1.82, 2.24) is 19.6 Å². The van der Waals surface area contributed by atoms with Gasteiger partial charge in [0.25, 0.3) is 5.91 Å². The summed E-state index contributed by atoms with van der Waals surface area (Å²) in [5.74, 6) is 1.45. The Bertz CT molecular complexity index is 1540. The molecular weight excluding hydrogens is 476 g/mol. The maximum Gasteiger partial charge on any atom is 0.254 e. The summed E-state index contributed by atoms with van der Waals surface area (Å²) < 4.78 is 33.3. The number of carbonyl (C=O) groups is 1. The van der Waals surface area contributed by atoms with Crippen molar-refractivity contribution in [3.8, 4) is 16.9 Å². The van der Waals surface area contributed by atoms with Gasteiger partial charge in [0.1, 0.15) is 18.2 Å². The molecule has 1 amide bonds. The summed E-state index contributed by atoms with van der Waals surface area (Å²) in [5, 5.41) is 0. The molecule has 186 valence electrons. The number of ether oxygens (including phenoxy) is 1. The van der Waals surface area contributed by atoms with Crippen molar-refractivity contribution in [3.05, 3.63) is 77.6 Å². The fraction of sp³-hybridized carbons (Fsp3) is 0.259. The minimum absolute atomic E-state index is 0.131. The van der Waals surface area contributed by atoms with E-state index < -0.39 is 10.0 Å². The van der Waals surface area contributed by atoms with E-state index >= 15 is 0 Å². The van der Waals surface area contributed by atoms with Crippen LogP contribution in [0.3, 0.4) is 0 Å². The lowest BCUT2D eigenvalue weighted by Crippen LogP contribution is -2.32. The molecule has 4 aromatic rings. The van der Waals surface area contributed by atoms with Crippen molar-refractivity contribution in [2.45, 2.75) is 38.3 Å². The highest BCUT2D eigenvalue weighted by Crippen LogP contribution is 2.31. The number of benzene rings is 3. The normalized spacial score (nSPS) is 13.9. The van der Waals surface area contributed by atoms with Crippen molar-refractivity contribution < 1.29 is 17.9 Å². The number of nitrogens with one attached hydrogen (secondary N) is 2. The summed E-state index contributed by atoms with van der Waals surface area (Å²) in [6.07, 6.45) is 0. The van der Waals surface area contributed by atoms with E-state index in [0.717, 1.165) is 39.3 Å². The molecule has 9 heteroatoms. The minimum Gasteiger partial charge on any atom is -0.491 e. The molecule has 1 aliphatic heterocycles. The highest BCUT2D eigenvalue weighted by Gasteiger charge is 2.23.